The highest BCUT2D eigenvalue weighted by Gasteiger charge is 2.48. The van der Waals surface area contributed by atoms with Crippen molar-refractivity contribution < 1.29 is 4.39 Å². The van der Waals surface area contributed by atoms with E-state index in [1.165, 1.54) is 28.1 Å². The van der Waals surface area contributed by atoms with Crippen LogP contribution in [0.3, 0.4) is 0 Å². The second-order valence-corrected chi connectivity index (χ2v) is 10.2. The lowest BCUT2D eigenvalue weighted by Gasteiger charge is -2.47. The van der Waals surface area contributed by atoms with Gasteiger partial charge in [-0.1, -0.05) is 17.7 Å². The van der Waals surface area contributed by atoms with Crippen molar-refractivity contribution in [2.45, 2.75) is 44.8 Å². The molecule has 0 saturated carbocycles. The third kappa shape index (κ3) is 3.51. The largest absolute Gasteiger partial charge is 0.361 e. The Hall–Kier alpha value is -2.02. The molecule has 2 aromatic carbocycles. The van der Waals surface area contributed by atoms with Gasteiger partial charge in [-0.25, -0.2) is 8.70 Å². The quantitative estimate of drug-likeness (QED) is 0.573. The fraction of sp³-hybridized carbons (Fsp3) is 0.417. The summed E-state index contributed by atoms with van der Waals surface area (Å²) in [5.41, 5.74) is 4.89. The van der Waals surface area contributed by atoms with Gasteiger partial charge < -0.3 is 4.98 Å². The molecule has 1 spiro atoms. The Balaban J connectivity index is 1.37. The molecule has 2 saturated heterocycles. The first-order valence-corrected chi connectivity index (χ1v) is 11.4. The van der Waals surface area contributed by atoms with E-state index >= 15 is 0 Å². The van der Waals surface area contributed by atoms with E-state index in [9.17, 15) is 4.39 Å². The monoisotopic (exact) mass is 424 g/mol. The van der Waals surface area contributed by atoms with E-state index in [2.05, 4.69) is 63.8 Å². The van der Waals surface area contributed by atoms with Crippen LogP contribution in [0.2, 0.25) is 0 Å². The van der Waals surface area contributed by atoms with Crippen molar-refractivity contribution in [1.82, 2.24) is 14.2 Å². The van der Waals surface area contributed by atoms with Gasteiger partial charge in [-0.3, -0.25) is 9.21 Å². The van der Waals surface area contributed by atoms with E-state index in [0.717, 1.165) is 38.2 Å². The fourth-order valence-electron chi connectivity index (χ4n) is 5.21. The van der Waals surface area contributed by atoms with Crippen molar-refractivity contribution in [2.24, 2.45) is 0 Å². The normalized spacial score (nSPS) is 25.6. The molecule has 1 N–H and O–H groups in total. The molecule has 30 heavy (non-hydrogen) atoms. The van der Waals surface area contributed by atoms with Crippen LogP contribution in [-0.2, 0) is 6.54 Å². The van der Waals surface area contributed by atoms with Crippen LogP contribution in [0.1, 0.15) is 30.9 Å². The zero-order valence-corrected chi connectivity index (χ0v) is 18.7. The Labute approximate surface area is 182 Å². The van der Waals surface area contributed by atoms with E-state index in [4.69, 9.17) is 0 Å². The van der Waals surface area contributed by atoms with E-state index in [1.54, 1.807) is 18.2 Å². The number of piperidine rings is 1. The molecular weight excluding hydrogens is 395 g/mol. The maximum absolute atomic E-state index is 13.9. The minimum atomic E-state index is -0.169. The van der Waals surface area contributed by atoms with Crippen molar-refractivity contribution in [3.8, 4) is 0 Å². The number of anilines is 1. The van der Waals surface area contributed by atoms with Gasteiger partial charge in [-0.15, -0.1) is 0 Å². The number of nitrogens with zero attached hydrogens (tertiary/aromatic N) is 3. The lowest BCUT2D eigenvalue weighted by Crippen LogP contribution is -2.56. The summed E-state index contributed by atoms with van der Waals surface area (Å²) in [7, 11) is 2.14. The van der Waals surface area contributed by atoms with E-state index < -0.39 is 0 Å². The van der Waals surface area contributed by atoms with Crippen molar-refractivity contribution in [2.75, 3.05) is 24.4 Å². The number of nitrogens with one attached hydrogen (secondary N) is 1. The van der Waals surface area contributed by atoms with Crippen LogP contribution in [0.15, 0.2) is 48.7 Å². The molecule has 0 bridgehead atoms. The summed E-state index contributed by atoms with van der Waals surface area (Å²) in [4.78, 5) is 6.03. The maximum Gasteiger partial charge on any atom is 0.125 e. The molecule has 1 aromatic heterocycles. The molecule has 0 unspecified atom stereocenters. The number of likely N-dealkylation sites (tertiary alicyclic amines) is 1. The predicted octanol–water partition coefficient (Wildman–Crippen LogP) is 5.35. The van der Waals surface area contributed by atoms with E-state index in [0.29, 0.717) is 6.04 Å². The minimum absolute atomic E-state index is 0.0416. The number of fused-ring (bicyclic) bond motifs is 1. The molecule has 2 aliphatic heterocycles. The first-order chi connectivity index (χ1) is 14.4. The minimum Gasteiger partial charge on any atom is -0.361 e. The van der Waals surface area contributed by atoms with Gasteiger partial charge in [-0.05, 0) is 69.6 Å². The van der Waals surface area contributed by atoms with Crippen LogP contribution in [0, 0.1) is 12.7 Å². The first-order valence-electron chi connectivity index (χ1n) is 10.7. The SMILES string of the molecule is Cc1ccc2[nH]cc(CN3CC[C@@]4(C[C@@H]3C)CN(C)SN4c3cccc(F)c3)c2c1. The number of hydrogen-bond donors (Lipinski definition) is 1. The van der Waals surface area contributed by atoms with Gasteiger partial charge in [0.15, 0.2) is 0 Å². The number of hydrogen-bond acceptors (Lipinski definition) is 4. The highest BCUT2D eigenvalue weighted by Crippen LogP contribution is 2.47. The highest BCUT2D eigenvalue weighted by molar-refractivity contribution is 7.98. The maximum atomic E-state index is 13.9. The molecule has 0 aliphatic carbocycles. The number of likely N-dealkylation sites (N-methyl/N-ethyl adjacent to an activating group) is 1. The van der Waals surface area contributed by atoms with Crippen molar-refractivity contribution >= 4 is 28.7 Å². The second-order valence-electron chi connectivity index (χ2n) is 9.00. The summed E-state index contributed by atoms with van der Waals surface area (Å²) in [5, 5.41) is 1.33. The van der Waals surface area contributed by atoms with Gasteiger partial charge in [0.1, 0.15) is 5.82 Å². The average Bonchev–Trinajstić information content (AvgIpc) is 3.24. The van der Waals surface area contributed by atoms with Crippen LogP contribution >= 0.6 is 12.1 Å². The summed E-state index contributed by atoms with van der Waals surface area (Å²) >= 11 is 1.72. The summed E-state index contributed by atoms with van der Waals surface area (Å²) in [6.45, 7) is 7.49. The Morgan fingerprint density at radius 3 is 2.90 bits per heavy atom. The topological polar surface area (TPSA) is 25.5 Å². The molecular formula is C24H29FN4S. The van der Waals surface area contributed by atoms with Gasteiger partial charge in [0.05, 0.1) is 11.2 Å². The summed E-state index contributed by atoms with van der Waals surface area (Å²) < 4.78 is 18.6. The van der Waals surface area contributed by atoms with Gasteiger partial charge >= 0.3 is 0 Å². The lowest BCUT2D eigenvalue weighted by molar-refractivity contribution is 0.101. The smallest absolute Gasteiger partial charge is 0.125 e. The van der Waals surface area contributed by atoms with Gasteiger partial charge in [0.25, 0.3) is 0 Å². The Kier molecular flexibility index (Phi) is 5.04. The molecule has 4 nitrogen and oxygen atoms in total. The number of aromatic nitrogens is 1. The van der Waals surface area contributed by atoms with Crippen LogP contribution in [0.4, 0.5) is 10.1 Å². The third-order valence-corrected chi connectivity index (χ3v) is 7.84. The van der Waals surface area contributed by atoms with Crippen molar-refractivity contribution in [3.63, 3.8) is 0 Å². The Bertz CT molecular complexity index is 1070. The van der Waals surface area contributed by atoms with E-state index in [1.807, 2.05) is 12.1 Å². The molecule has 0 amide bonds. The Morgan fingerprint density at radius 1 is 1.23 bits per heavy atom. The number of benzene rings is 2. The van der Waals surface area contributed by atoms with Crippen LogP contribution < -0.4 is 4.31 Å². The number of aromatic amines is 1. The standard InChI is InChI=1S/C24H29FN4S/c1-17-7-8-23-22(11-17)19(14-26-23)15-28-10-9-24(13-18(28)2)16-27(3)30-29(24)21-6-4-5-20(25)12-21/h4-8,11-12,14,18,26H,9-10,13,15-16H2,1-3H3/t18-,24+/m0/s1. The summed E-state index contributed by atoms with van der Waals surface area (Å²) in [5.74, 6) is -0.169. The molecule has 158 valence electrons. The molecule has 2 aliphatic rings. The zero-order valence-electron chi connectivity index (χ0n) is 17.9. The second kappa shape index (κ2) is 7.59. The highest BCUT2D eigenvalue weighted by atomic mass is 32.2. The van der Waals surface area contributed by atoms with Gasteiger partial charge in [0, 0.05) is 54.9 Å². The van der Waals surface area contributed by atoms with Crippen molar-refractivity contribution in [3.05, 3.63) is 65.6 Å². The number of halogens is 1. The van der Waals surface area contributed by atoms with Gasteiger partial charge in [0.2, 0.25) is 0 Å². The molecule has 5 rings (SSSR count). The first kappa shape index (κ1) is 19.9. The van der Waals surface area contributed by atoms with Crippen LogP contribution in [-0.4, -0.2) is 45.9 Å². The third-order valence-electron chi connectivity index (χ3n) is 6.67. The molecule has 3 aromatic rings. The summed E-state index contributed by atoms with van der Waals surface area (Å²) in [6, 6.07) is 14.1. The molecule has 3 heterocycles. The van der Waals surface area contributed by atoms with Crippen LogP contribution in [0.5, 0.6) is 0 Å². The number of rotatable bonds is 3. The lowest BCUT2D eigenvalue weighted by atomic mass is 9.82. The van der Waals surface area contributed by atoms with E-state index in [-0.39, 0.29) is 11.4 Å². The molecule has 0 radical (unpaired) electrons. The van der Waals surface area contributed by atoms with Gasteiger partial charge in [-0.2, -0.15) is 0 Å². The number of H-pyrrole nitrogens is 1. The Morgan fingerprint density at radius 2 is 2.10 bits per heavy atom. The summed E-state index contributed by atoms with van der Waals surface area (Å²) in [6.07, 6.45) is 4.31. The average molecular weight is 425 g/mol. The molecule has 6 heteroatoms. The number of aryl methyl sites for hydroxylation is 1. The zero-order chi connectivity index (χ0) is 20.9. The fourth-order valence-corrected chi connectivity index (χ4v) is 6.40. The predicted molar refractivity (Wildman–Crippen MR) is 124 cm³/mol. The van der Waals surface area contributed by atoms with Crippen molar-refractivity contribution in [1.29, 1.82) is 0 Å². The molecule has 2 fully saturated rings. The molecule has 2 atom stereocenters. The van der Waals surface area contributed by atoms with Crippen LogP contribution in [0.25, 0.3) is 10.9 Å².